The minimum atomic E-state index is 0.248. The summed E-state index contributed by atoms with van der Waals surface area (Å²) >= 11 is 1.53. The Balaban J connectivity index is 2.06. The van der Waals surface area contributed by atoms with Gasteiger partial charge in [0.05, 0.1) is 0 Å². The molecule has 0 spiro atoms. The van der Waals surface area contributed by atoms with E-state index in [1.54, 1.807) is 0 Å². The molecule has 1 heterocycles. The van der Waals surface area contributed by atoms with Gasteiger partial charge in [0.25, 0.3) is 0 Å². The van der Waals surface area contributed by atoms with E-state index in [2.05, 4.69) is 11.3 Å². The summed E-state index contributed by atoms with van der Waals surface area (Å²) in [5.41, 5.74) is 6.01. The largest absolute Gasteiger partial charge is 0.323 e. The zero-order chi connectivity index (χ0) is 7.84. The Morgan fingerprint density at radius 2 is 2.55 bits per heavy atom. The fraction of sp³-hybridized carbons (Fsp3) is 0.625. The Labute approximate surface area is 70.6 Å². The van der Waals surface area contributed by atoms with E-state index < -0.39 is 0 Å². The van der Waals surface area contributed by atoms with Gasteiger partial charge in [0.15, 0.2) is 0 Å². The molecule has 3 atom stereocenters. The van der Waals surface area contributed by atoms with Crippen molar-refractivity contribution in [2.75, 3.05) is 0 Å². The van der Waals surface area contributed by atoms with Crippen LogP contribution in [0.4, 0.5) is 0 Å². The van der Waals surface area contributed by atoms with Crippen molar-refractivity contribution >= 4 is 11.5 Å². The highest BCUT2D eigenvalue weighted by Gasteiger charge is 2.38. The summed E-state index contributed by atoms with van der Waals surface area (Å²) in [7, 11) is 0. The van der Waals surface area contributed by atoms with Gasteiger partial charge in [-0.1, -0.05) is 6.92 Å². The first-order valence-corrected chi connectivity index (χ1v) is 4.72. The Hall–Kier alpha value is -0.410. The fourth-order valence-electron chi connectivity index (χ4n) is 1.46. The number of aromatic nitrogens is 1. The predicted molar refractivity (Wildman–Crippen MR) is 46.3 cm³/mol. The molecule has 1 aromatic heterocycles. The van der Waals surface area contributed by atoms with Crippen molar-refractivity contribution in [3.8, 4) is 0 Å². The summed E-state index contributed by atoms with van der Waals surface area (Å²) in [5, 5.41) is 0. The number of nitrogens with zero attached hydrogens (tertiary/aromatic N) is 1. The minimum absolute atomic E-state index is 0.248. The fourth-order valence-corrected chi connectivity index (χ4v) is 2.12. The summed E-state index contributed by atoms with van der Waals surface area (Å²) in [6.07, 6.45) is 3.12. The van der Waals surface area contributed by atoms with Crippen molar-refractivity contribution in [3.05, 3.63) is 17.1 Å². The lowest BCUT2D eigenvalue weighted by molar-refractivity contribution is 0.603. The van der Waals surface area contributed by atoms with Gasteiger partial charge in [0, 0.05) is 17.1 Å². The van der Waals surface area contributed by atoms with Crippen molar-refractivity contribution in [2.45, 2.75) is 19.4 Å². The van der Waals surface area contributed by atoms with Gasteiger partial charge in [0.2, 0.25) is 0 Å². The van der Waals surface area contributed by atoms with Crippen molar-refractivity contribution in [2.24, 2.45) is 17.6 Å². The lowest BCUT2D eigenvalue weighted by Crippen LogP contribution is -2.11. The van der Waals surface area contributed by atoms with Crippen LogP contribution in [0.25, 0.3) is 0 Å². The van der Waals surface area contributed by atoms with Gasteiger partial charge in [-0.25, -0.2) is 4.37 Å². The molecule has 3 heteroatoms. The molecule has 2 N–H and O–H groups in total. The van der Waals surface area contributed by atoms with Crippen LogP contribution in [0.5, 0.6) is 0 Å². The van der Waals surface area contributed by atoms with Crippen molar-refractivity contribution < 1.29 is 0 Å². The lowest BCUT2D eigenvalue weighted by atomic mass is 10.1. The van der Waals surface area contributed by atoms with Crippen LogP contribution >= 0.6 is 11.5 Å². The molecule has 1 aliphatic rings. The van der Waals surface area contributed by atoms with Crippen molar-refractivity contribution in [1.29, 1.82) is 0 Å². The van der Waals surface area contributed by atoms with Crippen LogP contribution in [0.15, 0.2) is 12.3 Å². The molecule has 60 valence electrons. The van der Waals surface area contributed by atoms with Crippen molar-refractivity contribution in [3.63, 3.8) is 0 Å². The van der Waals surface area contributed by atoms with E-state index in [1.165, 1.54) is 22.8 Å². The zero-order valence-electron chi connectivity index (χ0n) is 6.53. The van der Waals surface area contributed by atoms with E-state index in [4.69, 9.17) is 5.73 Å². The number of hydrogen-bond acceptors (Lipinski definition) is 3. The summed E-state index contributed by atoms with van der Waals surface area (Å²) in [6, 6.07) is 2.28. The average molecular weight is 168 g/mol. The first kappa shape index (κ1) is 7.25. The topological polar surface area (TPSA) is 38.9 Å². The SMILES string of the molecule is CC1CC1C(N)c1ccns1. The smallest absolute Gasteiger partial charge is 0.0437 e. The highest BCUT2D eigenvalue weighted by Crippen LogP contribution is 2.46. The van der Waals surface area contributed by atoms with Crippen LogP contribution in [0, 0.1) is 11.8 Å². The second-order valence-corrected chi connectivity index (χ2v) is 4.18. The van der Waals surface area contributed by atoms with E-state index in [9.17, 15) is 0 Å². The standard InChI is InChI=1S/C8H12N2S/c1-5-4-6(5)8(9)7-2-3-10-11-7/h2-3,5-6,8H,4,9H2,1H3. The van der Waals surface area contributed by atoms with Gasteiger partial charge in [-0.15, -0.1) is 0 Å². The number of rotatable bonds is 2. The van der Waals surface area contributed by atoms with Crippen LogP contribution in [-0.2, 0) is 0 Å². The van der Waals surface area contributed by atoms with E-state index in [0.29, 0.717) is 0 Å². The molecule has 1 fully saturated rings. The van der Waals surface area contributed by atoms with E-state index in [0.717, 1.165) is 11.8 Å². The lowest BCUT2D eigenvalue weighted by Gasteiger charge is -2.05. The molecule has 0 amide bonds. The van der Waals surface area contributed by atoms with Gasteiger partial charge >= 0.3 is 0 Å². The van der Waals surface area contributed by atoms with Gasteiger partial charge in [-0.2, -0.15) is 0 Å². The maximum Gasteiger partial charge on any atom is 0.0437 e. The third-order valence-corrected chi connectivity index (χ3v) is 3.27. The van der Waals surface area contributed by atoms with Crippen LogP contribution in [-0.4, -0.2) is 4.37 Å². The van der Waals surface area contributed by atoms with Crippen LogP contribution < -0.4 is 5.73 Å². The van der Waals surface area contributed by atoms with Gasteiger partial charge in [-0.05, 0) is 35.9 Å². The van der Waals surface area contributed by atoms with Gasteiger partial charge in [0.1, 0.15) is 0 Å². The molecule has 3 unspecified atom stereocenters. The van der Waals surface area contributed by atoms with Crippen LogP contribution in [0.3, 0.4) is 0 Å². The molecule has 11 heavy (non-hydrogen) atoms. The number of nitrogens with two attached hydrogens (primary N) is 1. The zero-order valence-corrected chi connectivity index (χ0v) is 7.34. The molecule has 1 aromatic rings. The molecule has 2 rings (SSSR count). The second kappa shape index (κ2) is 2.57. The quantitative estimate of drug-likeness (QED) is 0.731. The molecule has 0 bridgehead atoms. The summed E-state index contributed by atoms with van der Waals surface area (Å²) in [6.45, 7) is 2.26. The van der Waals surface area contributed by atoms with E-state index in [-0.39, 0.29) is 6.04 Å². The van der Waals surface area contributed by atoms with Crippen LogP contribution in [0.1, 0.15) is 24.3 Å². The third kappa shape index (κ3) is 1.30. The van der Waals surface area contributed by atoms with E-state index >= 15 is 0 Å². The van der Waals surface area contributed by atoms with E-state index in [1.807, 2.05) is 12.3 Å². The molecule has 1 aliphatic carbocycles. The molecule has 1 saturated carbocycles. The maximum absolute atomic E-state index is 6.01. The normalized spacial score (nSPS) is 31.8. The highest BCUT2D eigenvalue weighted by molar-refractivity contribution is 7.05. The Morgan fingerprint density at radius 1 is 1.82 bits per heavy atom. The van der Waals surface area contributed by atoms with Gasteiger partial charge in [-0.3, -0.25) is 0 Å². The second-order valence-electron chi connectivity index (χ2n) is 3.32. The summed E-state index contributed by atoms with van der Waals surface area (Å²) in [5.74, 6) is 1.54. The summed E-state index contributed by atoms with van der Waals surface area (Å²) in [4.78, 5) is 1.24. The highest BCUT2D eigenvalue weighted by atomic mass is 32.1. The maximum atomic E-state index is 6.01. The summed E-state index contributed by atoms with van der Waals surface area (Å²) < 4.78 is 4.04. The van der Waals surface area contributed by atoms with Crippen molar-refractivity contribution in [1.82, 2.24) is 4.37 Å². The Bertz CT molecular complexity index is 232. The third-order valence-electron chi connectivity index (χ3n) is 2.42. The average Bonchev–Trinajstić information content (AvgIpc) is 2.56. The monoisotopic (exact) mass is 168 g/mol. The first-order chi connectivity index (χ1) is 5.29. The predicted octanol–water partition coefficient (Wildman–Crippen LogP) is 1.80. The molecular weight excluding hydrogens is 156 g/mol. The molecule has 0 radical (unpaired) electrons. The molecular formula is C8H12N2S. The first-order valence-electron chi connectivity index (χ1n) is 3.95. The minimum Gasteiger partial charge on any atom is -0.323 e. The Morgan fingerprint density at radius 3 is 3.00 bits per heavy atom. The molecule has 0 saturated heterocycles. The molecule has 0 aromatic carbocycles. The van der Waals surface area contributed by atoms with Crippen LogP contribution in [0.2, 0.25) is 0 Å². The Kier molecular flexibility index (Phi) is 1.69. The number of hydrogen-bond donors (Lipinski definition) is 1. The molecule has 2 nitrogen and oxygen atoms in total. The molecule has 0 aliphatic heterocycles. The van der Waals surface area contributed by atoms with Gasteiger partial charge < -0.3 is 5.73 Å².